The predicted molar refractivity (Wildman–Crippen MR) is 124 cm³/mol. The molecule has 1 aromatic rings. The zero-order valence-electron chi connectivity index (χ0n) is 18.8. The summed E-state index contributed by atoms with van der Waals surface area (Å²) in [6.07, 6.45) is 5.81. The van der Waals surface area contributed by atoms with E-state index in [1.54, 1.807) is 19.2 Å². The van der Waals surface area contributed by atoms with Crippen molar-refractivity contribution in [1.82, 2.24) is 4.90 Å². The molecular formula is C24H37Cl2NO3. The number of hydrogen-bond acceptors (Lipinski definition) is 4. The van der Waals surface area contributed by atoms with E-state index in [0.717, 1.165) is 58.2 Å². The van der Waals surface area contributed by atoms with Crippen LogP contribution in [-0.2, 0) is 4.74 Å². The fourth-order valence-corrected chi connectivity index (χ4v) is 5.19. The van der Waals surface area contributed by atoms with Gasteiger partial charge in [-0.1, -0.05) is 44.0 Å². The first-order valence-electron chi connectivity index (χ1n) is 11.1. The zero-order chi connectivity index (χ0) is 22.0. The van der Waals surface area contributed by atoms with Gasteiger partial charge >= 0.3 is 0 Å². The van der Waals surface area contributed by atoms with Gasteiger partial charge in [0, 0.05) is 32.8 Å². The number of likely N-dealkylation sites (tertiary alicyclic amines) is 1. The van der Waals surface area contributed by atoms with Crippen LogP contribution in [0.4, 0.5) is 0 Å². The summed E-state index contributed by atoms with van der Waals surface area (Å²) in [6, 6.07) is 5.32. The molecule has 0 aromatic heterocycles. The van der Waals surface area contributed by atoms with Gasteiger partial charge in [0.1, 0.15) is 18.0 Å². The molecule has 4 nitrogen and oxygen atoms in total. The van der Waals surface area contributed by atoms with E-state index in [1.165, 1.54) is 0 Å². The molecule has 30 heavy (non-hydrogen) atoms. The molecule has 0 amide bonds. The van der Waals surface area contributed by atoms with Crippen LogP contribution in [0.25, 0.3) is 0 Å². The minimum atomic E-state index is -0.550. The molecule has 1 N–H and O–H groups in total. The van der Waals surface area contributed by atoms with Crippen LogP contribution in [0, 0.1) is 11.3 Å². The van der Waals surface area contributed by atoms with Crippen molar-refractivity contribution in [3.8, 4) is 5.75 Å². The highest BCUT2D eigenvalue weighted by molar-refractivity contribution is 6.42. The maximum Gasteiger partial charge on any atom is 0.121 e. The number of piperidine rings is 1. The van der Waals surface area contributed by atoms with E-state index in [0.29, 0.717) is 33.7 Å². The quantitative estimate of drug-likeness (QED) is 0.583. The third-order valence-electron chi connectivity index (χ3n) is 7.25. The van der Waals surface area contributed by atoms with Gasteiger partial charge in [0.25, 0.3) is 0 Å². The van der Waals surface area contributed by atoms with Crippen LogP contribution in [-0.4, -0.2) is 54.6 Å². The number of nitrogens with zero attached hydrogens (tertiary/aromatic N) is 1. The van der Waals surface area contributed by atoms with E-state index in [4.69, 9.17) is 32.7 Å². The molecule has 3 rings (SSSR count). The molecule has 170 valence electrons. The zero-order valence-corrected chi connectivity index (χ0v) is 20.4. The molecule has 1 heterocycles. The van der Waals surface area contributed by atoms with Crippen molar-refractivity contribution in [3.05, 3.63) is 28.2 Å². The van der Waals surface area contributed by atoms with Crippen molar-refractivity contribution in [2.45, 2.75) is 70.5 Å². The first kappa shape index (κ1) is 24.1. The Labute approximate surface area is 191 Å². The molecule has 0 unspecified atom stereocenters. The van der Waals surface area contributed by atoms with Crippen LogP contribution in [0.1, 0.15) is 59.3 Å². The van der Waals surface area contributed by atoms with E-state index in [2.05, 4.69) is 25.7 Å². The summed E-state index contributed by atoms with van der Waals surface area (Å²) in [5.74, 6) is 1.41. The van der Waals surface area contributed by atoms with Crippen molar-refractivity contribution in [3.63, 3.8) is 0 Å². The van der Waals surface area contributed by atoms with Gasteiger partial charge in [-0.2, -0.15) is 0 Å². The molecule has 1 saturated carbocycles. The van der Waals surface area contributed by atoms with E-state index in [-0.39, 0.29) is 5.60 Å². The van der Waals surface area contributed by atoms with Crippen LogP contribution in [0.5, 0.6) is 5.75 Å². The van der Waals surface area contributed by atoms with Gasteiger partial charge in [0.05, 0.1) is 15.6 Å². The number of hydrogen-bond donors (Lipinski definition) is 1. The molecule has 1 aliphatic carbocycles. The molecule has 1 aromatic carbocycles. The molecule has 6 heteroatoms. The summed E-state index contributed by atoms with van der Waals surface area (Å²) < 4.78 is 11.9. The minimum absolute atomic E-state index is 0.310. The molecule has 0 spiro atoms. The third-order valence-corrected chi connectivity index (χ3v) is 7.99. The standard InChI is InChI=1S/C24H37Cl2NO3/c1-22(2,3)18-7-9-23(28,10-8-18)16-27-13-11-24(29-4,12-14-27)17-30-19-5-6-20(25)21(26)15-19/h5-6,15,18,28H,7-14,16-17H2,1-4H3. The summed E-state index contributed by atoms with van der Waals surface area (Å²) in [7, 11) is 1.76. The number of aliphatic hydroxyl groups is 1. The Morgan fingerprint density at radius 1 is 1.07 bits per heavy atom. The predicted octanol–water partition coefficient (Wildman–Crippen LogP) is 5.82. The minimum Gasteiger partial charge on any atom is -0.491 e. The second kappa shape index (κ2) is 9.54. The maximum atomic E-state index is 11.2. The van der Waals surface area contributed by atoms with Crippen molar-refractivity contribution in [2.75, 3.05) is 33.4 Å². The van der Waals surface area contributed by atoms with Gasteiger partial charge in [0.15, 0.2) is 0 Å². The Morgan fingerprint density at radius 2 is 1.70 bits per heavy atom. The Bertz CT molecular complexity index is 703. The average molecular weight is 458 g/mol. The van der Waals surface area contributed by atoms with Crippen LogP contribution < -0.4 is 4.74 Å². The van der Waals surface area contributed by atoms with Crippen molar-refractivity contribution >= 4 is 23.2 Å². The molecule has 2 aliphatic rings. The number of halogens is 2. The maximum absolute atomic E-state index is 11.2. The molecule has 0 radical (unpaired) electrons. The highest BCUT2D eigenvalue weighted by atomic mass is 35.5. The van der Waals surface area contributed by atoms with E-state index in [9.17, 15) is 5.11 Å². The summed E-state index contributed by atoms with van der Waals surface area (Å²) in [5, 5.41) is 12.2. The molecule has 0 atom stereocenters. The van der Waals surface area contributed by atoms with Gasteiger partial charge < -0.3 is 19.5 Å². The van der Waals surface area contributed by atoms with Crippen LogP contribution in [0.15, 0.2) is 18.2 Å². The Balaban J connectivity index is 1.49. The highest BCUT2D eigenvalue weighted by Crippen LogP contribution is 2.42. The third kappa shape index (κ3) is 6.04. The van der Waals surface area contributed by atoms with Crippen molar-refractivity contribution < 1.29 is 14.6 Å². The lowest BCUT2D eigenvalue weighted by Gasteiger charge is -2.46. The second-order valence-electron chi connectivity index (χ2n) is 10.4. The van der Waals surface area contributed by atoms with Crippen LogP contribution in [0.3, 0.4) is 0 Å². The Morgan fingerprint density at radius 3 is 2.23 bits per heavy atom. The van der Waals surface area contributed by atoms with Gasteiger partial charge in [0.2, 0.25) is 0 Å². The summed E-state index contributed by atoms with van der Waals surface area (Å²) in [5.41, 5.74) is -0.528. The molecule has 1 saturated heterocycles. The Kier molecular flexibility index (Phi) is 7.67. The van der Waals surface area contributed by atoms with Gasteiger partial charge in [-0.05, 0) is 62.0 Å². The van der Waals surface area contributed by atoms with E-state index >= 15 is 0 Å². The monoisotopic (exact) mass is 457 g/mol. The largest absolute Gasteiger partial charge is 0.491 e. The highest BCUT2D eigenvalue weighted by Gasteiger charge is 2.41. The lowest BCUT2D eigenvalue weighted by atomic mass is 9.68. The molecule has 0 bridgehead atoms. The second-order valence-corrected chi connectivity index (χ2v) is 11.2. The van der Waals surface area contributed by atoms with E-state index < -0.39 is 5.60 Å². The molecule has 2 fully saturated rings. The lowest BCUT2D eigenvalue weighted by Crippen LogP contribution is -2.53. The van der Waals surface area contributed by atoms with Crippen molar-refractivity contribution in [1.29, 1.82) is 0 Å². The lowest BCUT2D eigenvalue weighted by molar-refractivity contribution is -0.101. The van der Waals surface area contributed by atoms with E-state index in [1.807, 2.05) is 6.07 Å². The number of β-amino-alcohol motifs (C(OH)–C–C–N with tert-alkyl or cyclic N) is 1. The Hall–Kier alpha value is -0.520. The smallest absolute Gasteiger partial charge is 0.121 e. The fraction of sp³-hybridized carbons (Fsp3) is 0.750. The molecular weight excluding hydrogens is 421 g/mol. The average Bonchev–Trinajstić information content (AvgIpc) is 2.70. The van der Waals surface area contributed by atoms with Crippen LogP contribution >= 0.6 is 23.2 Å². The van der Waals surface area contributed by atoms with Crippen molar-refractivity contribution in [2.24, 2.45) is 11.3 Å². The first-order valence-corrected chi connectivity index (χ1v) is 11.9. The number of methoxy groups -OCH3 is 1. The van der Waals surface area contributed by atoms with Gasteiger partial charge in [-0.15, -0.1) is 0 Å². The summed E-state index contributed by atoms with van der Waals surface area (Å²) >= 11 is 12.1. The summed E-state index contributed by atoms with van der Waals surface area (Å²) in [6.45, 7) is 10.0. The summed E-state index contributed by atoms with van der Waals surface area (Å²) in [4.78, 5) is 2.40. The molecule has 1 aliphatic heterocycles. The number of rotatable bonds is 6. The number of benzene rings is 1. The first-order chi connectivity index (χ1) is 14.0. The topological polar surface area (TPSA) is 41.9 Å². The SMILES string of the molecule is COC1(COc2ccc(Cl)c(Cl)c2)CCN(CC2(O)CCC(C(C)(C)C)CC2)CC1. The van der Waals surface area contributed by atoms with Crippen LogP contribution in [0.2, 0.25) is 10.0 Å². The van der Waals surface area contributed by atoms with Gasteiger partial charge in [-0.25, -0.2) is 0 Å². The fourth-order valence-electron chi connectivity index (χ4n) is 4.90. The number of ether oxygens (including phenoxy) is 2. The van der Waals surface area contributed by atoms with Gasteiger partial charge in [-0.3, -0.25) is 0 Å². The normalized spacial score (nSPS) is 27.8.